The third-order valence-electron chi connectivity index (χ3n) is 3.90. The summed E-state index contributed by atoms with van der Waals surface area (Å²) in [6.45, 7) is 2.55. The lowest BCUT2D eigenvalue weighted by Gasteiger charge is -2.33. The van der Waals surface area contributed by atoms with Gasteiger partial charge in [0.25, 0.3) is 0 Å². The van der Waals surface area contributed by atoms with Gasteiger partial charge in [0.1, 0.15) is 17.6 Å². The third-order valence-corrected chi connectivity index (χ3v) is 3.90. The van der Waals surface area contributed by atoms with Gasteiger partial charge in [-0.3, -0.25) is 0 Å². The summed E-state index contributed by atoms with van der Waals surface area (Å²) in [4.78, 5) is 7.54. The summed E-state index contributed by atoms with van der Waals surface area (Å²) in [5.41, 5.74) is -0.797. The van der Waals surface area contributed by atoms with E-state index in [-0.39, 0.29) is 11.4 Å². The van der Waals surface area contributed by atoms with Gasteiger partial charge in [-0.2, -0.15) is 18.4 Å². The molecule has 0 saturated carbocycles. The van der Waals surface area contributed by atoms with Gasteiger partial charge in [-0.15, -0.1) is 0 Å². The average Bonchev–Trinajstić information content (AvgIpc) is 2.45. The van der Waals surface area contributed by atoms with Crippen molar-refractivity contribution < 1.29 is 13.2 Å². The third kappa shape index (κ3) is 3.89. The molecule has 1 aliphatic heterocycles. The summed E-state index contributed by atoms with van der Waals surface area (Å²) >= 11 is 0. The molecule has 22 heavy (non-hydrogen) atoms. The molecule has 0 amide bonds. The summed E-state index contributed by atoms with van der Waals surface area (Å²) < 4.78 is 38.4. The van der Waals surface area contributed by atoms with Crippen LogP contribution in [0.2, 0.25) is 0 Å². The van der Waals surface area contributed by atoms with E-state index in [4.69, 9.17) is 5.26 Å². The van der Waals surface area contributed by atoms with Crippen LogP contribution in [0.5, 0.6) is 0 Å². The minimum Gasteiger partial charge on any atom is -0.358 e. The smallest absolute Gasteiger partial charge is 0.358 e. The molecule has 120 valence electrons. The zero-order valence-corrected chi connectivity index (χ0v) is 12.7. The normalized spacial score (nSPS) is 19.7. The van der Waals surface area contributed by atoms with Crippen LogP contribution in [0.4, 0.5) is 19.0 Å². The molecule has 0 aliphatic carbocycles. The number of nitriles is 1. The van der Waals surface area contributed by atoms with E-state index in [0.717, 1.165) is 32.0 Å². The molecule has 4 nitrogen and oxygen atoms in total. The zero-order valence-electron chi connectivity index (χ0n) is 12.7. The Hall–Kier alpha value is -1.81. The zero-order chi connectivity index (χ0) is 16.3. The highest BCUT2D eigenvalue weighted by molar-refractivity contribution is 5.54. The van der Waals surface area contributed by atoms with Gasteiger partial charge in [0.05, 0.1) is 5.56 Å². The number of halogens is 3. The minimum absolute atomic E-state index is 0.102. The summed E-state index contributed by atoms with van der Waals surface area (Å²) in [5.74, 6) is 0.470. The average molecular weight is 312 g/mol. The van der Waals surface area contributed by atoms with E-state index in [1.165, 1.54) is 6.07 Å². The standard InChI is InChI=1S/C15H19F3N4/c1-21-7-3-4-11(9-21)10-22(2)14-12(8-19)5-6-13(20-14)15(16,17)18/h5-6,11H,3-4,7,9-10H2,1-2H3. The second-order valence-electron chi connectivity index (χ2n) is 5.83. The van der Waals surface area contributed by atoms with Crippen LogP contribution in [0.3, 0.4) is 0 Å². The molecule has 1 saturated heterocycles. The number of alkyl halides is 3. The van der Waals surface area contributed by atoms with Crippen LogP contribution in [0.1, 0.15) is 24.1 Å². The van der Waals surface area contributed by atoms with Crippen molar-refractivity contribution in [1.82, 2.24) is 9.88 Å². The molecule has 1 aromatic rings. The first kappa shape index (κ1) is 16.6. The van der Waals surface area contributed by atoms with Gasteiger partial charge in [0.2, 0.25) is 0 Å². The lowest BCUT2D eigenvalue weighted by atomic mass is 9.98. The van der Waals surface area contributed by atoms with E-state index in [2.05, 4.69) is 9.88 Å². The van der Waals surface area contributed by atoms with Crippen molar-refractivity contribution >= 4 is 5.82 Å². The Morgan fingerprint density at radius 1 is 1.45 bits per heavy atom. The number of hydrogen-bond donors (Lipinski definition) is 0. The van der Waals surface area contributed by atoms with E-state index in [9.17, 15) is 13.2 Å². The molecule has 1 aromatic heterocycles. The van der Waals surface area contributed by atoms with Crippen LogP contribution in [-0.4, -0.2) is 43.6 Å². The van der Waals surface area contributed by atoms with Gasteiger partial charge >= 0.3 is 6.18 Å². The maximum Gasteiger partial charge on any atom is 0.433 e. The molecule has 1 fully saturated rings. The van der Waals surface area contributed by atoms with Crippen LogP contribution in [0.25, 0.3) is 0 Å². The molecule has 0 N–H and O–H groups in total. The monoisotopic (exact) mass is 312 g/mol. The number of rotatable bonds is 3. The molecule has 1 aliphatic rings. The molecular formula is C15H19F3N4. The van der Waals surface area contributed by atoms with E-state index in [1.54, 1.807) is 11.9 Å². The molecule has 0 bridgehead atoms. The Balaban J connectivity index is 2.20. The van der Waals surface area contributed by atoms with E-state index < -0.39 is 11.9 Å². The van der Waals surface area contributed by atoms with Crippen molar-refractivity contribution in [1.29, 1.82) is 5.26 Å². The van der Waals surface area contributed by atoms with Crippen LogP contribution < -0.4 is 4.90 Å². The molecular weight excluding hydrogens is 293 g/mol. The SMILES string of the molecule is CN1CCCC(CN(C)c2nc(C(F)(F)F)ccc2C#N)C1. The van der Waals surface area contributed by atoms with Gasteiger partial charge in [0, 0.05) is 20.1 Å². The first-order chi connectivity index (χ1) is 10.3. The van der Waals surface area contributed by atoms with Crippen molar-refractivity contribution in [2.24, 2.45) is 5.92 Å². The Kier molecular flexibility index (Phi) is 4.91. The molecule has 0 radical (unpaired) electrons. The van der Waals surface area contributed by atoms with Crippen molar-refractivity contribution in [3.63, 3.8) is 0 Å². The van der Waals surface area contributed by atoms with Gasteiger partial charge in [-0.25, -0.2) is 4.98 Å². The number of pyridine rings is 1. The van der Waals surface area contributed by atoms with Crippen LogP contribution >= 0.6 is 0 Å². The summed E-state index contributed by atoms with van der Waals surface area (Å²) in [6.07, 6.45) is -2.39. The fourth-order valence-electron chi connectivity index (χ4n) is 2.88. The summed E-state index contributed by atoms with van der Waals surface area (Å²) in [7, 11) is 3.73. The Morgan fingerprint density at radius 3 is 2.77 bits per heavy atom. The van der Waals surface area contributed by atoms with Crippen LogP contribution in [0, 0.1) is 17.2 Å². The minimum atomic E-state index is -4.51. The van der Waals surface area contributed by atoms with Gasteiger partial charge in [-0.05, 0) is 44.5 Å². The number of piperidine rings is 1. The van der Waals surface area contributed by atoms with Gasteiger partial charge < -0.3 is 9.80 Å². The van der Waals surface area contributed by atoms with Gasteiger partial charge in [-0.1, -0.05) is 0 Å². The highest BCUT2D eigenvalue weighted by Gasteiger charge is 2.33. The van der Waals surface area contributed by atoms with Gasteiger partial charge in [0.15, 0.2) is 0 Å². The number of hydrogen-bond acceptors (Lipinski definition) is 4. The fourth-order valence-corrected chi connectivity index (χ4v) is 2.88. The molecule has 1 unspecified atom stereocenters. The maximum atomic E-state index is 12.8. The first-order valence-electron chi connectivity index (χ1n) is 7.19. The molecule has 0 spiro atoms. The maximum absolute atomic E-state index is 12.8. The van der Waals surface area contributed by atoms with Crippen molar-refractivity contribution in [2.75, 3.05) is 38.6 Å². The fraction of sp³-hybridized carbons (Fsp3) is 0.600. The Bertz CT molecular complexity index is 565. The van der Waals surface area contributed by atoms with E-state index in [1.807, 2.05) is 13.1 Å². The topological polar surface area (TPSA) is 43.2 Å². The molecule has 7 heteroatoms. The lowest BCUT2D eigenvalue weighted by Crippen LogP contribution is -2.38. The number of aromatic nitrogens is 1. The second kappa shape index (κ2) is 6.53. The summed E-state index contributed by atoms with van der Waals surface area (Å²) in [5, 5.41) is 9.10. The van der Waals surface area contributed by atoms with E-state index >= 15 is 0 Å². The van der Waals surface area contributed by atoms with Crippen molar-refractivity contribution in [2.45, 2.75) is 19.0 Å². The van der Waals surface area contributed by atoms with E-state index in [0.29, 0.717) is 12.5 Å². The number of nitrogens with zero attached hydrogens (tertiary/aromatic N) is 4. The van der Waals surface area contributed by atoms with Crippen LogP contribution in [0.15, 0.2) is 12.1 Å². The number of likely N-dealkylation sites (tertiary alicyclic amines) is 1. The molecule has 0 aromatic carbocycles. The second-order valence-corrected chi connectivity index (χ2v) is 5.83. The van der Waals surface area contributed by atoms with Crippen molar-refractivity contribution in [3.05, 3.63) is 23.4 Å². The number of anilines is 1. The highest BCUT2D eigenvalue weighted by Crippen LogP contribution is 2.30. The Labute approximate surface area is 128 Å². The van der Waals surface area contributed by atoms with Crippen LogP contribution in [-0.2, 0) is 6.18 Å². The predicted octanol–water partition coefficient (Wildman–Crippen LogP) is 2.75. The Morgan fingerprint density at radius 2 is 2.18 bits per heavy atom. The lowest BCUT2D eigenvalue weighted by molar-refractivity contribution is -0.141. The quantitative estimate of drug-likeness (QED) is 0.861. The molecule has 2 heterocycles. The summed E-state index contributed by atoms with van der Waals surface area (Å²) in [6, 6.07) is 3.96. The highest BCUT2D eigenvalue weighted by atomic mass is 19.4. The largest absolute Gasteiger partial charge is 0.433 e. The predicted molar refractivity (Wildman–Crippen MR) is 77.4 cm³/mol. The first-order valence-corrected chi connectivity index (χ1v) is 7.19. The molecule has 1 atom stereocenters. The van der Waals surface area contributed by atoms with Crippen molar-refractivity contribution in [3.8, 4) is 6.07 Å². The molecule has 2 rings (SSSR count).